The van der Waals surface area contributed by atoms with Crippen LogP contribution in [-0.4, -0.2) is 37.7 Å². The first-order valence-electron chi connectivity index (χ1n) is 5.94. The van der Waals surface area contributed by atoms with Crippen molar-refractivity contribution in [2.24, 2.45) is 0 Å². The van der Waals surface area contributed by atoms with Crippen LogP contribution in [0.4, 0.5) is 16.2 Å². The maximum atomic E-state index is 12.0. The van der Waals surface area contributed by atoms with E-state index in [1.54, 1.807) is 36.3 Å². The van der Waals surface area contributed by atoms with Crippen molar-refractivity contribution in [3.63, 3.8) is 0 Å². The normalized spacial score (nSPS) is 9.68. The largest absolute Gasteiger partial charge is 0.399 e. The van der Waals surface area contributed by atoms with E-state index in [9.17, 15) is 4.79 Å². The number of urea groups is 1. The van der Waals surface area contributed by atoms with E-state index in [2.05, 4.69) is 5.32 Å². The fourth-order valence-electron chi connectivity index (χ4n) is 1.47. The number of nitriles is 1. The zero-order valence-electron chi connectivity index (χ0n) is 10.9. The monoisotopic (exact) mass is 262 g/mol. The number of nitrogens with two attached hydrogens (primary N) is 1. The third-order valence-electron chi connectivity index (χ3n) is 2.51. The minimum atomic E-state index is -0.253. The molecular formula is C13H18N4O2. The molecule has 3 N–H and O–H groups in total. The van der Waals surface area contributed by atoms with E-state index in [4.69, 9.17) is 15.7 Å². The third kappa shape index (κ3) is 5.27. The summed E-state index contributed by atoms with van der Waals surface area (Å²) >= 11 is 0. The van der Waals surface area contributed by atoms with Crippen LogP contribution in [0.5, 0.6) is 0 Å². The van der Waals surface area contributed by atoms with Crippen molar-refractivity contribution >= 4 is 17.4 Å². The standard InChI is InChI=1S/C13H18N4O2/c1-19-10-9-17(8-2-7-14)13(18)16-12-5-3-11(15)4-6-12/h3-6H,2,8-10,15H2,1H3,(H,16,18). The number of nitrogens with zero attached hydrogens (tertiary/aromatic N) is 2. The summed E-state index contributed by atoms with van der Waals surface area (Å²) in [6, 6.07) is 8.65. The Morgan fingerprint density at radius 1 is 1.42 bits per heavy atom. The summed E-state index contributed by atoms with van der Waals surface area (Å²) in [4.78, 5) is 13.6. The van der Waals surface area contributed by atoms with Gasteiger partial charge in [0.15, 0.2) is 0 Å². The van der Waals surface area contributed by atoms with E-state index in [0.717, 1.165) is 0 Å². The lowest BCUT2D eigenvalue weighted by Crippen LogP contribution is -2.37. The molecule has 1 aromatic carbocycles. The second kappa shape index (κ2) is 7.95. The van der Waals surface area contributed by atoms with Gasteiger partial charge >= 0.3 is 6.03 Å². The van der Waals surface area contributed by atoms with E-state index >= 15 is 0 Å². The Morgan fingerprint density at radius 2 is 2.11 bits per heavy atom. The van der Waals surface area contributed by atoms with Crippen molar-refractivity contribution in [1.29, 1.82) is 5.26 Å². The lowest BCUT2D eigenvalue weighted by atomic mass is 10.3. The first-order chi connectivity index (χ1) is 9.17. The van der Waals surface area contributed by atoms with Gasteiger partial charge in [0.05, 0.1) is 19.1 Å². The molecule has 0 atom stereocenters. The van der Waals surface area contributed by atoms with Crippen LogP contribution >= 0.6 is 0 Å². The lowest BCUT2D eigenvalue weighted by Gasteiger charge is -2.21. The Hall–Kier alpha value is -2.26. The smallest absolute Gasteiger partial charge is 0.321 e. The van der Waals surface area contributed by atoms with Crippen LogP contribution in [0.2, 0.25) is 0 Å². The van der Waals surface area contributed by atoms with E-state index < -0.39 is 0 Å². The number of anilines is 2. The molecule has 0 fully saturated rings. The minimum absolute atomic E-state index is 0.253. The number of nitrogens with one attached hydrogen (secondary N) is 1. The quantitative estimate of drug-likeness (QED) is 0.763. The Labute approximate surface area is 112 Å². The van der Waals surface area contributed by atoms with Crippen LogP contribution in [0.15, 0.2) is 24.3 Å². The molecule has 0 bridgehead atoms. The first-order valence-corrected chi connectivity index (χ1v) is 5.94. The average molecular weight is 262 g/mol. The number of nitrogen functional groups attached to an aromatic ring is 1. The highest BCUT2D eigenvalue weighted by atomic mass is 16.5. The summed E-state index contributed by atoms with van der Waals surface area (Å²) in [5.74, 6) is 0. The number of hydrogen-bond donors (Lipinski definition) is 2. The zero-order chi connectivity index (χ0) is 14.1. The fraction of sp³-hybridized carbons (Fsp3) is 0.385. The van der Waals surface area contributed by atoms with Crippen molar-refractivity contribution in [3.8, 4) is 6.07 Å². The summed E-state index contributed by atoms with van der Waals surface area (Å²) in [5, 5.41) is 11.3. The van der Waals surface area contributed by atoms with Gasteiger partial charge in [-0.2, -0.15) is 5.26 Å². The molecule has 0 aromatic heterocycles. The molecule has 0 aliphatic rings. The number of rotatable bonds is 6. The van der Waals surface area contributed by atoms with E-state index in [1.165, 1.54) is 0 Å². The predicted octanol–water partition coefficient (Wildman–Crippen LogP) is 1.66. The highest BCUT2D eigenvalue weighted by Crippen LogP contribution is 2.11. The van der Waals surface area contributed by atoms with Crippen LogP contribution in [0.25, 0.3) is 0 Å². The topological polar surface area (TPSA) is 91.4 Å². The summed E-state index contributed by atoms with van der Waals surface area (Å²) < 4.78 is 4.95. The highest BCUT2D eigenvalue weighted by molar-refractivity contribution is 5.89. The Kier molecular flexibility index (Phi) is 6.19. The maximum Gasteiger partial charge on any atom is 0.321 e. The number of amides is 2. The Bertz CT molecular complexity index is 439. The van der Waals surface area contributed by atoms with Crippen LogP contribution in [-0.2, 0) is 4.74 Å². The van der Waals surface area contributed by atoms with Crippen molar-refractivity contribution < 1.29 is 9.53 Å². The second-order valence-corrected chi connectivity index (χ2v) is 3.94. The molecule has 0 aliphatic carbocycles. The number of ether oxygens (including phenoxy) is 1. The molecule has 6 heteroatoms. The summed E-state index contributed by atoms with van der Waals surface area (Å²) in [5.41, 5.74) is 6.88. The van der Waals surface area contributed by atoms with Gasteiger partial charge in [-0.1, -0.05) is 0 Å². The molecule has 0 spiro atoms. The van der Waals surface area contributed by atoms with Gasteiger partial charge in [0.25, 0.3) is 0 Å². The van der Waals surface area contributed by atoms with Crippen molar-refractivity contribution in [3.05, 3.63) is 24.3 Å². The lowest BCUT2D eigenvalue weighted by molar-refractivity contribution is 0.156. The van der Waals surface area contributed by atoms with Crippen molar-refractivity contribution in [2.75, 3.05) is 37.9 Å². The van der Waals surface area contributed by atoms with Crippen molar-refractivity contribution in [1.82, 2.24) is 4.90 Å². The molecule has 0 saturated carbocycles. The third-order valence-corrected chi connectivity index (χ3v) is 2.51. The van der Waals surface area contributed by atoms with Gasteiger partial charge in [-0.05, 0) is 24.3 Å². The molecule has 0 saturated heterocycles. The van der Waals surface area contributed by atoms with Crippen LogP contribution in [0.3, 0.4) is 0 Å². The van der Waals surface area contributed by atoms with Crippen LogP contribution < -0.4 is 11.1 Å². The molecule has 102 valence electrons. The first kappa shape index (κ1) is 14.8. The van der Waals surface area contributed by atoms with E-state index in [0.29, 0.717) is 37.5 Å². The summed E-state index contributed by atoms with van der Waals surface area (Å²) in [7, 11) is 1.57. The molecule has 1 rings (SSSR count). The minimum Gasteiger partial charge on any atom is -0.399 e. The van der Waals surface area contributed by atoms with Gasteiger partial charge in [0.2, 0.25) is 0 Å². The zero-order valence-corrected chi connectivity index (χ0v) is 10.9. The molecular weight excluding hydrogens is 244 g/mol. The molecule has 19 heavy (non-hydrogen) atoms. The van der Waals surface area contributed by atoms with Gasteiger partial charge in [0, 0.05) is 31.6 Å². The Morgan fingerprint density at radius 3 is 2.68 bits per heavy atom. The van der Waals surface area contributed by atoms with E-state index in [1.807, 2.05) is 6.07 Å². The van der Waals surface area contributed by atoms with Crippen molar-refractivity contribution in [2.45, 2.75) is 6.42 Å². The van der Waals surface area contributed by atoms with Gasteiger partial charge in [-0.15, -0.1) is 0 Å². The van der Waals surface area contributed by atoms with Crippen LogP contribution in [0, 0.1) is 11.3 Å². The van der Waals surface area contributed by atoms with Crippen LogP contribution in [0.1, 0.15) is 6.42 Å². The molecule has 0 radical (unpaired) electrons. The molecule has 1 aromatic rings. The fourth-order valence-corrected chi connectivity index (χ4v) is 1.47. The number of carbonyl (C=O) groups excluding carboxylic acids is 1. The number of methoxy groups -OCH3 is 1. The molecule has 2 amide bonds. The average Bonchev–Trinajstić information content (AvgIpc) is 2.41. The van der Waals surface area contributed by atoms with Gasteiger partial charge < -0.3 is 20.7 Å². The number of benzene rings is 1. The van der Waals surface area contributed by atoms with Gasteiger partial charge in [-0.25, -0.2) is 4.79 Å². The summed E-state index contributed by atoms with van der Waals surface area (Å²) in [6.07, 6.45) is 0.291. The molecule has 6 nitrogen and oxygen atoms in total. The number of hydrogen-bond acceptors (Lipinski definition) is 4. The SMILES string of the molecule is COCCN(CCC#N)C(=O)Nc1ccc(N)cc1. The van der Waals surface area contributed by atoms with Gasteiger partial charge in [0.1, 0.15) is 0 Å². The van der Waals surface area contributed by atoms with E-state index in [-0.39, 0.29) is 6.03 Å². The number of carbonyl (C=O) groups is 1. The maximum absolute atomic E-state index is 12.0. The Balaban J connectivity index is 2.59. The highest BCUT2D eigenvalue weighted by Gasteiger charge is 2.12. The van der Waals surface area contributed by atoms with Gasteiger partial charge in [-0.3, -0.25) is 0 Å². The summed E-state index contributed by atoms with van der Waals surface area (Å²) in [6.45, 7) is 1.25. The molecule has 0 unspecified atom stereocenters. The second-order valence-electron chi connectivity index (χ2n) is 3.94. The predicted molar refractivity (Wildman–Crippen MR) is 73.6 cm³/mol. The molecule has 0 aliphatic heterocycles. The molecule has 0 heterocycles.